The highest BCUT2D eigenvalue weighted by Gasteiger charge is 2.01. The normalized spacial score (nSPS) is 10.2. The number of benzene rings is 1. The minimum absolute atomic E-state index is 0.208. The van der Waals surface area contributed by atoms with E-state index in [1.54, 1.807) is 13.2 Å². The molecule has 0 aromatic heterocycles. The molecule has 0 saturated carbocycles. The first-order valence-corrected chi connectivity index (χ1v) is 6.33. The van der Waals surface area contributed by atoms with Crippen LogP contribution in [0.15, 0.2) is 18.2 Å². The molecule has 0 atom stereocenters. The molecule has 0 unspecified atom stereocenters. The molecule has 1 aromatic rings. The Morgan fingerprint density at radius 1 is 1.17 bits per heavy atom. The monoisotopic (exact) mass is 290 g/mol. The van der Waals surface area contributed by atoms with Crippen LogP contribution in [-0.4, -0.2) is 32.8 Å². The first-order chi connectivity index (χ1) is 8.61. The molecule has 4 nitrogen and oxygen atoms in total. The topological polar surface area (TPSA) is 50.4 Å². The summed E-state index contributed by atoms with van der Waals surface area (Å²) >= 11 is 11.8. The van der Waals surface area contributed by atoms with Crippen molar-refractivity contribution in [3.05, 3.63) is 33.8 Å². The molecule has 2 N–H and O–H groups in total. The number of methoxy groups -OCH3 is 1. The molecule has 0 aliphatic carbocycles. The second-order valence-corrected chi connectivity index (χ2v) is 4.58. The minimum Gasteiger partial charge on any atom is -0.383 e. The maximum atomic E-state index is 11.3. The van der Waals surface area contributed by atoms with Gasteiger partial charge in [0, 0.05) is 30.2 Å². The summed E-state index contributed by atoms with van der Waals surface area (Å²) < 4.78 is 4.82. The van der Waals surface area contributed by atoms with Gasteiger partial charge < -0.3 is 15.4 Å². The van der Waals surface area contributed by atoms with Crippen molar-refractivity contribution in [2.45, 2.75) is 6.42 Å². The quantitative estimate of drug-likeness (QED) is 0.791. The third-order valence-electron chi connectivity index (χ3n) is 2.21. The number of ether oxygens (including phenoxy) is 1. The van der Waals surface area contributed by atoms with E-state index in [-0.39, 0.29) is 6.03 Å². The zero-order chi connectivity index (χ0) is 13.4. The molecular formula is C12H16Cl2N2O2. The van der Waals surface area contributed by atoms with Gasteiger partial charge >= 0.3 is 6.03 Å². The van der Waals surface area contributed by atoms with Gasteiger partial charge in [-0.3, -0.25) is 0 Å². The minimum atomic E-state index is -0.208. The highest BCUT2D eigenvalue weighted by atomic mass is 35.5. The second kappa shape index (κ2) is 8.19. The van der Waals surface area contributed by atoms with Crippen LogP contribution in [0.4, 0.5) is 4.79 Å². The number of urea groups is 1. The summed E-state index contributed by atoms with van der Waals surface area (Å²) in [5, 5.41) is 6.60. The number of hydrogen-bond donors (Lipinski definition) is 2. The predicted octanol–water partition coefficient (Wildman–Crippen LogP) is 2.48. The Morgan fingerprint density at radius 3 is 2.39 bits per heavy atom. The van der Waals surface area contributed by atoms with Crippen LogP contribution < -0.4 is 10.6 Å². The first kappa shape index (κ1) is 15.1. The maximum absolute atomic E-state index is 11.3. The molecule has 0 aliphatic rings. The number of rotatable bonds is 6. The smallest absolute Gasteiger partial charge is 0.314 e. The highest BCUT2D eigenvalue weighted by Crippen LogP contribution is 2.19. The third kappa shape index (κ3) is 6.10. The van der Waals surface area contributed by atoms with Crippen LogP contribution in [0.25, 0.3) is 0 Å². The fourth-order valence-electron chi connectivity index (χ4n) is 1.40. The molecule has 2 amide bonds. The number of hydrogen-bond acceptors (Lipinski definition) is 2. The largest absolute Gasteiger partial charge is 0.383 e. The van der Waals surface area contributed by atoms with Gasteiger partial charge in [-0.2, -0.15) is 0 Å². The number of nitrogens with one attached hydrogen (secondary N) is 2. The van der Waals surface area contributed by atoms with Crippen molar-refractivity contribution >= 4 is 29.2 Å². The summed E-state index contributed by atoms with van der Waals surface area (Å²) in [5.74, 6) is 0. The molecule has 1 rings (SSSR count). The Bertz CT molecular complexity index is 379. The molecule has 0 aliphatic heterocycles. The van der Waals surface area contributed by atoms with Gasteiger partial charge in [-0.1, -0.05) is 23.2 Å². The average molecular weight is 291 g/mol. The van der Waals surface area contributed by atoms with E-state index in [9.17, 15) is 4.79 Å². The van der Waals surface area contributed by atoms with Crippen LogP contribution in [0.3, 0.4) is 0 Å². The molecular weight excluding hydrogens is 275 g/mol. The van der Waals surface area contributed by atoms with Crippen molar-refractivity contribution in [1.29, 1.82) is 0 Å². The number of carbonyl (C=O) groups excluding carboxylic acids is 1. The van der Waals surface area contributed by atoms with Gasteiger partial charge in [-0.15, -0.1) is 0 Å². The summed E-state index contributed by atoms with van der Waals surface area (Å²) in [6, 6.07) is 5.13. The second-order valence-electron chi connectivity index (χ2n) is 3.70. The molecule has 0 fully saturated rings. The summed E-state index contributed by atoms with van der Waals surface area (Å²) in [6.07, 6.45) is 0.679. The Labute approximate surface area is 117 Å². The average Bonchev–Trinajstić information content (AvgIpc) is 2.28. The Morgan fingerprint density at radius 2 is 1.78 bits per heavy atom. The Balaban J connectivity index is 2.26. The molecule has 0 saturated heterocycles. The molecule has 18 heavy (non-hydrogen) atoms. The molecule has 0 heterocycles. The van der Waals surface area contributed by atoms with E-state index in [0.29, 0.717) is 36.2 Å². The van der Waals surface area contributed by atoms with Gasteiger partial charge in [-0.05, 0) is 30.2 Å². The fourth-order valence-corrected chi connectivity index (χ4v) is 1.98. The van der Waals surface area contributed by atoms with Gasteiger partial charge in [0.15, 0.2) is 0 Å². The van der Waals surface area contributed by atoms with Crippen molar-refractivity contribution in [3.8, 4) is 0 Å². The molecule has 0 bridgehead atoms. The first-order valence-electron chi connectivity index (χ1n) is 5.57. The van der Waals surface area contributed by atoms with E-state index >= 15 is 0 Å². The van der Waals surface area contributed by atoms with Crippen molar-refractivity contribution in [3.63, 3.8) is 0 Å². The van der Waals surface area contributed by atoms with E-state index in [4.69, 9.17) is 27.9 Å². The van der Waals surface area contributed by atoms with E-state index in [1.807, 2.05) is 12.1 Å². The summed E-state index contributed by atoms with van der Waals surface area (Å²) in [4.78, 5) is 11.3. The third-order valence-corrected chi connectivity index (χ3v) is 2.65. The Kier molecular flexibility index (Phi) is 6.86. The fraction of sp³-hybridized carbons (Fsp3) is 0.417. The number of amides is 2. The highest BCUT2D eigenvalue weighted by molar-refractivity contribution is 6.34. The zero-order valence-corrected chi connectivity index (χ0v) is 11.6. The summed E-state index contributed by atoms with van der Waals surface area (Å²) in [5.41, 5.74) is 0.990. The van der Waals surface area contributed by atoms with Gasteiger partial charge in [0.2, 0.25) is 0 Å². The molecule has 1 aromatic carbocycles. The molecule has 6 heteroatoms. The lowest BCUT2D eigenvalue weighted by molar-refractivity contribution is 0.196. The van der Waals surface area contributed by atoms with E-state index < -0.39 is 0 Å². The van der Waals surface area contributed by atoms with Crippen LogP contribution in [0.1, 0.15) is 5.56 Å². The van der Waals surface area contributed by atoms with Crippen molar-refractivity contribution in [1.82, 2.24) is 10.6 Å². The van der Waals surface area contributed by atoms with E-state index in [1.165, 1.54) is 0 Å². The van der Waals surface area contributed by atoms with Crippen LogP contribution in [0.5, 0.6) is 0 Å². The Hall–Kier alpha value is -0.970. The zero-order valence-electron chi connectivity index (χ0n) is 10.1. The lowest BCUT2D eigenvalue weighted by Gasteiger charge is -2.07. The van der Waals surface area contributed by atoms with Crippen molar-refractivity contribution in [2.24, 2.45) is 0 Å². The van der Waals surface area contributed by atoms with Gasteiger partial charge in [0.1, 0.15) is 0 Å². The lowest BCUT2D eigenvalue weighted by atomic mass is 10.1. The summed E-state index contributed by atoms with van der Waals surface area (Å²) in [6.45, 7) is 1.51. The van der Waals surface area contributed by atoms with E-state index in [2.05, 4.69) is 10.6 Å². The van der Waals surface area contributed by atoms with Gasteiger partial charge in [-0.25, -0.2) is 4.79 Å². The summed E-state index contributed by atoms with van der Waals surface area (Å²) in [7, 11) is 1.59. The van der Waals surface area contributed by atoms with Crippen LogP contribution in [-0.2, 0) is 11.2 Å². The van der Waals surface area contributed by atoms with Crippen LogP contribution in [0, 0.1) is 0 Å². The SMILES string of the molecule is COCCNC(=O)NCCc1cc(Cl)cc(Cl)c1. The molecule has 0 radical (unpaired) electrons. The maximum Gasteiger partial charge on any atom is 0.314 e. The lowest BCUT2D eigenvalue weighted by Crippen LogP contribution is -2.38. The van der Waals surface area contributed by atoms with Crippen LogP contribution in [0.2, 0.25) is 10.0 Å². The van der Waals surface area contributed by atoms with Crippen LogP contribution >= 0.6 is 23.2 Å². The number of carbonyl (C=O) groups is 1. The van der Waals surface area contributed by atoms with Gasteiger partial charge in [0.05, 0.1) is 6.61 Å². The van der Waals surface area contributed by atoms with Gasteiger partial charge in [0.25, 0.3) is 0 Å². The predicted molar refractivity (Wildman–Crippen MR) is 73.4 cm³/mol. The number of halogens is 2. The van der Waals surface area contributed by atoms with Crippen molar-refractivity contribution < 1.29 is 9.53 Å². The molecule has 100 valence electrons. The van der Waals surface area contributed by atoms with E-state index in [0.717, 1.165) is 5.56 Å². The van der Waals surface area contributed by atoms with Crippen molar-refractivity contribution in [2.75, 3.05) is 26.8 Å². The molecule has 0 spiro atoms. The standard InChI is InChI=1S/C12H16Cl2N2O2/c1-18-5-4-16-12(17)15-3-2-9-6-10(13)8-11(14)7-9/h6-8H,2-5H2,1H3,(H2,15,16,17).